The maximum Gasteiger partial charge on any atom is 2.00 e. The van der Waals surface area contributed by atoms with Crippen molar-refractivity contribution < 1.29 is 21.1 Å². The number of nitrogens with one attached hydrogen (secondary N) is 1. The van der Waals surface area contributed by atoms with Crippen LogP contribution in [0.2, 0.25) is 0 Å². The fourth-order valence-electron chi connectivity index (χ4n) is 1.09. The SMILES string of the molecule is [W+2].[c-]1ccccc1Nc1[c-]cccc1. The van der Waals surface area contributed by atoms with E-state index in [1.165, 1.54) is 0 Å². The smallest absolute Gasteiger partial charge is 0.401 e. The predicted molar refractivity (Wildman–Crippen MR) is 53.8 cm³/mol. The van der Waals surface area contributed by atoms with E-state index in [0.717, 1.165) is 11.4 Å². The molecule has 0 heterocycles. The Morgan fingerprint density at radius 3 is 1.64 bits per heavy atom. The predicted octanol–water partition coefficient (Wildman–Crippen LogP) is 3.03. The van der Waals surface area contributed by atoms with Gasteiger partial charge in [0.15, 0.2) is 0 Å². The van der Waals surface area contributed by atoms with E-state index in [1.807, 2.05) is 48.5 Å². The van der Waals surface area contributed by atoms with Crippen molar-refractivity contribution in [2.24, 2.45) is 0 Å². The maximum absolute atomic E-state index is 3.19. The van der Waals surface area contributed by atoms with E-state index in [2.05, 4.69) is 17.4 Å². The van der Waals surface area contributed by atoms with Crippen LogP contribution in [-0.2, 0) is 21.1 Å². The summed E-state index contributed by atoms with van der Waals surface area (Å²) in [4.78, 5) is 0. The molecule has 0 radical (unpaired) electrons. The van der Waals surface area contributed by atoms with Crippen LogP contribution in [0.5, 0.6) is 0 Å². The number of hydrogen-bond donors (Lipinski definition) is 1. The van der Waals surface area contributed by atoms with E-state index in [0.29, 0.717) is 0 Å². The van der Waals surface area contributed by atoms with Gasteiger partial charge in [-0.3, -0.25) is 0 Å². The van der Waals surface area contributed by atoms with Crippen molar-refractivity contribution in [2.45, 2.75) is 0 Å². The zero-order chi connectivity index (χ0) is 8.93. The summed E-state index contributed by atoms with van der Waals surface area (Å²) >= 11 is 0. The van der Waals surface area contributed by atoms with Crippen LogP contribution >= 0.6 is 0 Å². The summed E-state index contributed by atoms with van der Waals surface area (Å²) in [5.41, 5.74) is 1.93. The molecule has 1 N–H and O–H groups in total. The van der Waals surface area contributed by atoms with Gasteiger partial charge in [-0.05, 0) is 0 Å². The summed E-state index contributed by atoms with van der Waals surface area (Å²) in [6.07, 6.45) is 0. The molecule has 0 aliphatic heterocycles. The van der Waals surface area contributed by atoms with Crippen molar-refractivity contribution in [1.29, 1.82) is 0 Å². The molecule has 0 aliphatic carbocycles. The molecular weight excluding hydrogens is 342 g/mol. The minimum atomic E-state index is 0. The van der Waals surface area contributed by atoms with E-state index < -0.39 is 0 Å². The molecule has 0 saturated heterocycles. The zero-order valence-electron chi connectivity index (χ0n) is 7.53. The molecule has 2 rings (SSSR count). The van der Waals surface area contributed by atoms with Gasteiger partial charge in [-0.2, -0.15) is 48.5 Å². The summed E-state index contributed by atoms with van der Waals surface area (Å²) in [7, 11) is 0. The van der Waals surface area contributed by atoms with E-state index in [4.69, 9.17) is 0 Å². The molecule has 0 saturated carbocycles. The summed E-state index contributed by atoms with van der Waals surface area (Å²) in [5, 5.41) is 3.19. The minimum Gasteiger partial charge on any atom is -0.401 e. The quantitative estimate of drug-likeness (QED) is 0.821. The Kier molecular flexibility index (Phi) is 4.41. The Hall–Kier alpha value is -1.07. The molecule has 0 fully saturated rings. The molecule has 0 spiro atoms. The third-order valence-corrected chi connectivity index (χ3v) is 1.69. The Bertz CT molecular complexity index is 321. The van der Waals surface area contributed by atoms with Crippen LogP contribution in [0.25, 0.3) is 0 Å². The monoisotopic (exact) mass is 351 g/mol. The summed E-state index contributed by atoms with van der Waals surface area (Å²) < 4.78 is 0. The molecule has 0 amide bonds. The molecule has 0 aliphatic rings. The van der Waals surface area contributed by atoms with Crippen LogP contribution in [0.4, 0.5) is 11.4 Å². The minimum absolute atomic E-state index is 0. The molecule has 2 heteroatoms. The molecule has 0 atom stereocenters. The summed E-state index contributed by atoms with van der Waals surface area (Å²) in [6.45, 7) is 0. The molecular formula is C12H9NW. The van der Waals surface area contributed by atoms with Crippen molar-refractivity contribution in [2.75, 3.05) is 5.32 Å². The number of para-hydroxylation sites is 2. The van der Waals surface area contributed by atoms with Gasteiger partial charge in [0.05, 0.1) is 0 Å². The van der Waals surface area contributed by atoms with Gasteiger partial charge in [0.1, 0.15) is 0 Å². The average molecular weight is 351 g/mol. The van der Waals surface area contributed by atoms with Gasteiger partial charge in [0.2, 0.25) is 0 Å². The van der Waals surface area contributed by atoms with Crippen molar-refractivity contribution in [3.05, 3.63) is 60.7 Å². The van der Waals surface area contributed by atoms with Gasteiger partial charge in [0, 0.05) is 0 Å². The van der Waals surface area contributed by atoms with Gasteiger partial charge >= 0.3 is 21.1 Å². The van der Waals surface area contributed by atoms with Crippen LogP contribution in [0, 0.1) is 12.1 Å². The second-order valence-electron chi connectivity index (χ2n) is 2.68. The topological polar surface area (TPSA) is 12.0 Å². The number of rotatable bonds is 2. The molecule has 14 heavy (non-hydrogen) atoms. The molecule has 0 aromatic heterocycles. The zero-order valence-corrected chi connectivity index (χ0v) is 10.5. The molecule has 68 valence electrons. The van der Waals surface area contributed by atoms with E-state index >= 15 is 0 Å². The van der Waals surface area contributed by atoms with Crippen LogP contribution in [0.3, 0.4) is 0 Å². The largest absolute Gasteiger partial charge is 2.00 e. The van der Waals surface area contributed by atoms with Crippen LogP contribution in [-0.4, -0.2) is 0 Å². The first-order valence-corrected chi connectivity index (χ1v) is 4.15. The molecule has 2 aromatic carbocycles. The first-order chi connectivity index (χ1) is 6.45. The van der Waals surface area contributed by atoms with E-state index in [9.17, 15) is 0 Å². The number of hydrogen-bond acceptors (Lipinski definition) is 1. The van der Waals surface area contributed by atoms with E-state index in [-0.39, 0.29) is 21.1 Å². The molecule has 0 unspecified atom stereocenters. The Labute approximate surface area is 98.4 Å². The van der Waals surface area contributed by atoms with Gasteiger partial charge in [-0.15, -0.1) is 12.1 Å². The fraction of sp³-hybridized carbons (Fsp3) is 0. The second kappa shape index (κ2) is 5.61. The van der Waals surface area contributed by atoms with Crippen molar-refractivity contribution >= 4 is 11.4 Å². The van der Waals surface area contributed by atoms with Gasteiger partial charge < -0.3 is 5.32 Å². The van der Waals surface area contributed by atoms with Crippen molar-refractivity contribution in [1.82, 2.24) is 0 Å². The van der Waals surface area contributed by atoms with Crippen LogP contribution in [0.15, 0.2) is 48.5 Å². The van der Waals surface area contributed by atoms with Crippen LogP contribution in [0.1, 0.15) is 0 Å². The third kappa shape index (κ3) is 3.01. The molecule has 0 bridgehead atoms. The third-order valence-electron chi connectivity index (χ3n) is 1.69. The molecule has 1 nitrogen and oxygen atoms in total. The maximum atomic E-state index is 3.19. The summed E-state index contributed by atoms with van der Waals surface area (Å²) in [6, 6.07) is 21.7. The average Bonchev–Trinajstić information content (AvgIpc) is 2.21. The van der Waals surface area contributed by atoms with Gasteiger partial charge in [-0.1, -0.05) is 11.4 Å². The van der Waals surface area contributed by atoms with Gasteiger partial charge in [-0.25, -0.2) is 0 Å². The van der Waals surface area contributed by atoms with Crippen LogP contribution < -0.4 is 5.32 Å². The fourth-order valence-corrected chi connectivity index (χ4v) is 1.09. The molecule has 2 aromatic rings. The normalized spacial score (nSPS) is 8.86. The van der Waals surface area contributed by atoms with Crippen molar-refractivity contribution in [3.63, 3.8) is 0 Å². The number of anilines is 2. The Morgan fingerprint density at radius 2 is 1.29 bits per heavy atom. The Morgan fingerprint density at radius 1 is 0.786 bits per heavy atom. The van der Waals surface area contributed by atoms with Gasteiger partial charge in [0.25, 0.3) is 0 Å². The first-order valence-electron chi connectivity index (χ1n) is 4.15. The summed E-state index contributed by atoms with van der Waals surface area (Å²) in [5.74, 6) is 0. The van der Waals surface area contributed by atoms with E-state index in [1.54, 1.807) is 0 Å². The second-order valence-corrected chi connectivity index (χ2v) is 2.68. The van der Waals surface area contributed by atoms with Crippen molar-refractivity contribution in [3.8, 4) is 0 Å². The first kappa shape index (κ1) is 11.0. The number of benzene rings is 2. The standard InChI is InChI=1S/C12H9N.W/c1-3-7-11(8-4-1)13-12-9-5-2-6-10-12;/h1-7,9,13H;/q-2;+2. The Balaban J connectivity index is 0.000000980.